The van der Waals surface area contributed by atoms with Crippen molar-refractivity contribution < 1.29 is 0 Å². The highest BCUT2D eigenvalue weighted by Gasteiger charge is 2.26. The third-order valence-corrected chi connectivity index (χ3v) is 4.75. The summed E-state index contributed by atoms with van der Waals surface area (Å²) in [5.41, 5.74) is 3.90. The second-order valence-electron chi connectivity index (χ2n) is 6.41. The van der Waals surface area contributed by atoms with Crippen molar-refractivity contribution in [2.45, 2.75) is 46.1 Å². The molecule has 1 aromatic carbocycles. The summed E-state index contributed by atoms with van der Waals surface area (Å²) in [5, 5.41) is 3.76. The first kappa shape index (κ1) is 14.2. The van der Waals surface area contributed by atoms with Crippen molar-refractivity contribution in [2.75, 3.05) is 24.3 Å². The summed E-state index contributed by atoms with van der Waals surface area (Å²) >= 11 is 0. The normalized spacial score (nSPS) is 27.1. The number of nitrogens with zero attached hydrogens (tertiary/aromatic N) is 1. The molecule has 2 heteroatoms. The van der Waals surface area contributed by atoms with Crippen LogP contribution >= 0.6 is 0 Å². The summed E-state index contributed by atoms with van der Waals surface area (Å²) in [4.78, 5) is 2.19. The predicted molar refractivity (Wildman–Crippen MR) is 85.1 cm³/mol. The van der Waals surface area contributed by atoms with Crippen LogP contribution in [0, 0.1) is 18.8 Å². The molecule has 2 rings (SSSR count). The van der Waals surface area contributed by atoms with E-state index in [2.05, 4.69) is 63.3 Å². The molecule has 0 aromatic heterocycles. The number of rotatable bonds is 3. The van der Waals surface area contributed by atoms with Gasteiger partial charge in [-0.1, -0.05) is 32.8 Å². The first-order valence-corrected chi connectivity index (χ1v) is 7.53. The van der Waals surface area contributed by atoms with E-state index < -0.39 is 0 Å². The minimum atomic E-state index is 0.626. The number of hydrogen-bond donors (Lipinski definition) is 1. The van der Waals surface area contributed by atoms with Crippen molar-refractivity contribution in [3.8, 4) is 0 Å². The van der Waals surface area contributed by atoms with E-state index in [1.807, 2.05) is 0 Å². The van der Waals surface area contributed by atoms with E-state index in [4.69, 9.17) is 0 Å². The Morgan fingerprint density at radius 2 is 1.89 bits per heavy atom. The van der Waals surface area contributed by atoms with Crippen LogP contribution < -0.4 is 10.2 Å². The number of nitrogens with one attached hydrogen (secondary N) is 1. The van der Waals surface area contributed by atoms with E-state index >= 15 is 0 Å². The zero-order chi connectivity index (χ0) is 14.0. The topological polar surface area (TPSA) is 15.3 Å². The molecule has 0 spiro atoms. The van der Waals surface area contributed by atoms with Gasteiger partial charge in [-0.05, 0) is 42.9 Å². The Labute approximate surface area is 118 Å². The standard InChI is InChI=1S/C17H28N2/c1-12-7-6-8-16(14(12)3)18-15-10-9-13(2)17(11-15)19(4)5/h9-12,14,16,18H,6-8H2,1-5H3. The molecule has 1 saturated carbocycles. The molecule has 1 aliphatic rings. The molecule has 1 N–H and O–H groups in total. The molecule has 0 heterocycles. The minimum Gasteiger partial charge on any atom is -0.382 e. The van der Waals surface area contributed by atoms with Crippen molar-refractivity contribution in [3.05, 3.63) is 23.8 Å². The molecular formula is C17H28N2. The molecule has 0 bridgehead atoms. The smallest absolute Gasteiger partial charge is 0.0411 e. The fraction of sp³-hybridized carbons (Fsp3) is 0.647. The lowest BCUT2D eigenvalue weighted by Gasteiger charge is -2.35. The Morgan fingerprint density at radius 1 is 1.16 bits per heavy atom. The first-order chi connectivity index (χ1) is 8.99. The van der Waals surface area contributed by atoms with Crippen LogP contribution in [0.5, 0.6) is 0 Å². The van der Waals surface area contributed by atoms with E-state index in [0.717, 1.165) is 11.8 Å². The average molecular weight is 260 g/mol. The zero-order valence-electron chi connectivity index (χ0n) is 13.0. The highest BCUT2D eigenvalue weighted by Crippen LogP contribution is 2.32. The van der Waals surface area contributed by atoms with Gasteiger partial charge in [-0.25, -0.2) is 0 Å². The molecule has 3 atom stereocenters. The Kier molecular flexibility index (Phi) is 4.38. The highest BCUT2D eigenvalue weighted by molar-refractivity contribution is 5.62. The van der Waals surface area contributed by atoms with Crippen LogP contribution in [0.25, 0.3) is 0 Å². The van der Waals surface area contributed by atoms with Crippen LogP contribution in [0.3, 0.4) is 0 Å². The lowest BCUT2D eigenvalue weighted by molar-refractivity contribution is 0.253. The van der Waals surface area contributed by atoms with Crippen molar-refractivity contribution in [2.24, 2.45) is 11.8 Å². The molecular weight excluding hydrogens is 232 g/mol. The Morgan fingerprint density at radius 3 is 2.58 bits per heavy atom. The molecule has 1 aromatic rings. The maximum Gasteiger partial charge on any atom is 0.0411 e. The van der Waals surface area contributed by atoms with Gasteiger partial charge in [0.05, 0.1) is 0 Å². The predicted octanol–water partition coefficient (Wildman–Crippen LogP) is 4.30. The molecule has 2 nitrogen and oxygen atoms in total. The monoisotopic (exact) mass is 260 g/mol. The van der Waals surface area contributed by atoms with Gasteiger partial charge in [0.15, 0.2) is 0 Å². The van der Waals surface area contributed by atoms with E-state index in [9.17, 15) is 0 Å². The summed E-state index contributed by atoms with van der Waals surface area (Å²) in [6.07, 6.45) is 4.04. The van der Waals surface area contributed by atoms with Gasteiger partial charge in [0.2, 0.25) is 0 Å². The van der Waals surface area contributed by atoms with Gasteiger partial charge in [-0.2, -0.15) is 0 Å². The Balaban J connectivity index is 2.12. The van der Waals surface area contributed by atoms with Gasteiger partial charge in [-0.15, -0.1) is 0 Å². The van der Waals surface area contributed by atoms with Crippen LogP contribution in [0.2, 0.25) is 0 Å². The largest absolute Gasteiger partial charge is 0.382 e. The summed E-state index contributed by atoms with van der Waals surface area (Å²) < 4.78 is 0. The first-order valence-electron chi connectivity index (χ1n) is 7.53. The molecule has 19 heavy (non-hydrogen) atoms. The third kappa shape index (κ3) is 3.23. The summed E-state index contributed by atoms with van der Waals surface area (Å²) in [6.45, 7) is 6.95. The van der Waals surface area contributed by atoms with Crippen LogP contribution in [-0.2, 0) is 0 Å². The number of aryl methyl sites for hydroxylation is 1. The van der Waals surface area contributed by atoms with Crippen LogP contribution in [-0.4, -0.2) is 20.1 Å². The van der Waals surface area contributed by atoms with Crippen LogP contribution in [0.15, 0.2) is 18.2 Å². The average Bonchev–Trinajstić information content (AvgIpc) is 2.37. The number of benzene rings is 1. The fourth-order valence-corrected chi connectivity index (χ4v) is 3.18. The second kappa shape index (κ2) is 5.85. The van der Waals surface area contributed by atoms with E-state index in [1.54, 1.807) is 0 Å². The van der Waals surface area contributed by atoms with Crippen molar-refractivity contribution in [3.63, 3.8) is 0 Å². The molecule has 106 valence electrons. The summed E-state index contributed by atoms with van der Waals surface area (Å²) in [5.74, 6) is 1.60. The van der Waals surface area contributed by atoms with Crippen LogP contribution in [0.4, 0.5) is 11.4 Å². The molecule has 0 saturated heterocycles. The summed E-state index contributed by atoms with van der Waals surface area (Å²) in [7, 11) is 4.22. The van der Waals surface area contributed by atoms with Gasteiger partial charge in [0.1, 0.15) is 0 Å². The fourth-order valence-electron chi connectivity index (χ4n) is 3.18. The van der Waals surface area contributed by atoms with Gasteiger partial charge in [0, 0.05) is 31.5 Å². The zero-order valence-corrected chi connectivity index (χ0v) is 13.0. The molecule has 3 unspecified atom stereocenters. The van der Waals surface area contributed by atoms with Crippen molar-refractivity contribution in [1.82, 2.24) is 0 Å². The van der Waals surface area contributed by atoms with Crippen LogP contribution in [0.1, 0.15) is 38.7 Å². The SMILES string of the molecule is Cc1ccc(NC2CCCC(C)C2C)cc1N(C)C. The number of anilines is 2. The second-order valence-corrected chi connectivity index (χ2v) is 6.41. The van der Waals surface area contributed by atoms with E-state index in [1.165, 1.54) is 36.2 Å². The maximum atomic E-state index is 3.76. The minimum absolute atomic E-state index is 0.626. The lowest BCUT2D eigenvalue weighted by atomic mass is 9.78. The summed E-state index contributed by atoms with van der Waals surface area (Å²) in [6, 6.07) is 7.34. The maximum absolute atomic E-state index is 3.76. The van der Waals surface area contributed by atoms with Gasteiger partial charge in [-0.3, -0.25) is 0 Å². The van der Waals surface area contributed by atoms with Gasteiger partial charge < -0.3 is 10.2 Å². The van der Waals surface area contributed by atoms with Gasteiger partial charge >= 0.3 is 0 Å². The molecule has 1 aliphatic carbocycles. The number of hydrogen-bond acceptors (Lipinski definition) is 2. The van der Waals surface area contributed by atoms with E-state index in [-0.39, 0.29) is 0 Å². The van der Waals surface area contributed by atoms with Gasteiger partial charge in [0.25, 0.3) is 0 Å². The quantitative estimate of drug-likeness (QED) is 0.871. The Bertz CT molecular complexity index is 425. The molecule has 0 radical (unpaired) electrons. The lowest BCUT2D eigenvalue weighted by Crippen LogP contribution is -2.35. The van der Waals surface area contributed by atoms with E-state index in [0.29, 0.717) is 6.04 Å². The highest BCUT2D eigenvalue weighted by atomic mass is 15.1. The molecule has 0 aliphatic heterocycles. The Hall–Kier alpha value is -1.18. The molecule has 0 amide bonds. The molecule has 1 fully saturated rings. The third-order valence-electron chi connectivity index (χ3n) is 4.75. The van der Waals surface area contributed by atoms with Crippen molar-refractivity contribution >= 4 is 11.4 Å². The van der Waals surface area contributed by atoms with Crippen molar-refractivity contribution in [1.29, 1.82) is 0 Å².